The fraction of sp³-hybridized carbons (Fsp3) is 1.00. The molecule has 2 rings (SSSR count). The van der Waals surface area contributed by atoms with Gasteiger partial charge in [-0.15, -0.1) is 0 Å². The van der Waals surface area contributed by atoms with Gasteiger partial charge in [0.05, 0.1) is 0 Å². The maximum atomic E-state index is 2.35. The molecule has 0 aromatic heterocycles. The second kappa shape index (κ2) is 9.90. The van der Waals surface area contributed by atoms with Gasteiger partial charge in [0.2, 0.25) is 0 Å². The summed E-state index contributed by atoms with van der Waals surface area (Å²) in [5.41, 5.74) is 0. The van der Waals surface area contributed by atoms with E-state index in [1.165, 1.54) is 32.1 Å². The van der Waals surface area contributed by atoms with Gasteiger partial charge in [-0.25, -0.2) is 0 Å². The molecule has 2 aliphatic carbocycles. The predicted molar refractivity (Wildman–Crippen MR) is 94.6 cm³/mol. The van der Waals surface area contributed by atoms with Crippen LogP contribution in [0.15, 0.2) is 0 Å². The van der Waals surface area contributed by atoms with Gasteiger partial charge >= 0.3 is 0 Å². The molecular formula is C21H40. The van der Waals surface area contributed by atoms with Gasteiger partial charge < -0.3 is 0 Å². The molecule has 0 aromatic rings. The fourth-order valence-corrected chi connectivity index (χ4v) is 4.99. The molecule has 0 nitrogen and oxygen atoms in total. The Morgan fingerprint density at radius 3 is 1.24 bits per heavy atom. The van der Waals surface area contributed by atoms with Crippen molar-refractivity contribution in [3.63, 3.8) is 0 Å². The molecule has 0 radical (unpaired) electrons. The highest BCUT2D eigenvalue weighted by atomic mass is 14.3. The van der Waals surface area contributed by atoms with E-state index in [1.54, 1.807) is 64.2 Å². The van der Waals surface area contributed by atoms with Gasteiger partial charge in [-0.2, -0.15) is 0 Å². The van der Waals surface area contributed by atoms with Gasteiger partial charge in [-0.05, 0) is 23.7 Å². The van der Waals surface area contributed by atoms with Gasteiger partial charge in [0, 0.05) is 0 Å². The van der Waals surface area contributed by atoms with Crippen LogP contribution >= 0.6 is 0 Å². The van der Waals surface area contributed by atoms with Crippen molar-refractivity contribution in [3.05, 3.63) is 0 Å². The molecule has 0 aromatic carbocycles. The van der Waals surface area contributed by atoms with Crippen molar-refractivity contribution >= 4 is 0 Å². The smallest absolute Gasteiger partial charge is 0.0414 e. The maximum absolute atomic E-state index is 2.35. The summed E-state index contributed by atoms with van der Waals surface area (Å²) in [7, 11) is 0. The molecular weight excluding hydrogens is 252 g/mol. The van der Waals surface area contributed by atoms with E-state index in [0.717, 1.165) is 23.7 Å². The molecule has 0 atom stereocenters. The SMILES string of the molecule is CCCCC1CCC(CCC2CCC(CCC)CC2)CC1. The maximum Gasteiger partial charge on any atom is -0.0414 e. The highest BCUT2D eigenvalue weighted by Gasteiger charge is 2.24. The van der Waals surface area contributed by atoms with Crippen LogP contribution in [0, 0.1) is 23.7 Å². The molecule has 2 saturated carbocycles. The average molecular weight is 293 g/mol. The first-order valence-electron chi connectivity index (χ1n) is 10.3. The number of hydrogen-bond donors (Lipinski definition) is 0. The van der Waals surface area contributed by atoms with E-state index in [2.05, 4.69) is 13.8 Å². The van der Waals surface area contributed by atoms with Crippen LogP contribution in [0.25, 0.3) is 0 Å². The highest BCUT2D eigenvalue weighted by molar-refractivity contribution is 4.76. The molecule has 0 bridgehead atoms. The first-order valence-corrected chi connectivity index (χ1v) is 10.3. The number of unbranched alkanes of at least 4 members (excludes halogenated alkanes) is 1. The standard InChI is InChI=1S/C21H40/c1-3-5-7-19-10-14-21(15-11-19)17-16-20-12-8-18(6-4-2)9-13-20/h18-21H,3-17H2,1-2H3. The molecule has 2 aliphatic rings. The Morgan fingerprint density at radius 2 is 0.857 bits per heavy atom. The third kappa shape index (κ3) is 6.33. The van der Waals surface area contributed by atoms with Crippen LogP contribution in [0.1, 0.15) is 110 Å². The monoisotopic (exact) mass is 292 g/mol. The van der Waals surface area contributed by atoms with Crippen molar-refractivity contribution in [2.75, 3.05) is 0 Å². The molecule has 0 amide bonds. The lowest BCUT2D eigenvalue weighted by atomic mass is 9.74. The third-order valence-corrected chi connectivity index (χ3v) is 6.58. The van der Waals surface area contributed by atoms with Crippen LogP contribution in [-0.2, 0) is 0 Å². The quantitative estimate of drug-likeness (QED) is 0.438. The van der Waals surface area contributed by atoms with Crippen molar-refractivity contribution in [2.24, 2.45) is 23.7 Å². The summed E-state index contributed by atoms with van der Waals surface area (Å²) in [5, 5.41) is 0. The molecule has 0 aliphatic heterocycles. The molecule has 0 N–H and O–H groups in total. The lowest BCUT2D eigenvalue weighted by Gasteiger charge is -2.32. The Labute approximate surface area is 134 Å². The zero-order valence-electron chi connectivity index (χ0n) is 14.9. The molecule has 124 valence electrons. The van der Waals surface area contributed by atoms with E-state index in [-0.39, 0.29) is 0 Å². The summed E-state index contributed by atoms with van der Waals surface area (Å²) < 4.78 is 0. The Balaban J connectivity index is 1.54. The van der Waals surface area contributed by atoms with Crippen molar-refractivity contribution in [3.8, 4) is 0 Å². The van der Waals surface area contributed by atoms with Crippen LogP contribution in [-0.4, -0.2) is 0 Å². The van der Waals surface area contributed by atoms with Crippen LogP contribution in [0.5, 0.6) is 0 Å². The lowest BCUT2D eigenvalue weighted by molar-refractivity contribution is 0.208. The number of rotatable bonds is 8. The minimum atomic E-state index is 1.08. The number of hydrogen-bond acceptors (Lipinski definition) is 0. The highest BCUT2D eigenvalue weighted by Crippen LogP contribution is 2.38. The van der Waals surface area contributed by atoms with Crippen molar-refractivity contribution in [1.29, 1.82) is 0 Å². The van der Waals surface area contributed by atoms with E-state index in [0.29, 0.717) is 0 Å². The van der Waals surface area contributed by atoms with Crippen molar-refractivity contribution in [2.45, 2.75) is 110 Å². The topological polar surface area (TPSA) is 0 Å². The van der Waals surface area contributed by atoms with Crippen LogP contribution in [0.3, 0.4) is 0 Å². The fourth-order valence-electron chi connectivity index (χ4n) is 4.99. The van der Waals surface area contributed by atoms with Crippen LogP contribution in [0.2, 0.25) is 0 Å². The second-order valence-electron chi connectivity index (χ2n) is 8.28. The predicted octanol–water partition coefficient (Wildman–Crippen LogP) is 7.37. The average Bonchev–Trinajstić information content (AvgIpc) is 2.53. The lowest BCUT2D eigenvalue weighted by Crippen LogP contribution is -2.18. The van der Waals surface area contributed by atoms with E-state index in [9.17, 15) is 0 Å². The Hall–Kier alpha value is 0. The van der Waals surface area contributed by atoms with Gasteiger partial charge in [-0.1, -0.05) is 110 Å². The van der Waals surface area contributed by atoms with Gasteiger partial charge in [0.1, 0.15) is 0 Å². The molecule has 0 unspecified atom stereocenters. The van der Waals surface area contributed by atoms with Crippen molar-refractivity contribution in [1.82, 2.24) is 0 Å². The molecule has 0 spiro atoms. The largest absolute Gasteiger partial charge is 0.0654 e. The Bertz CT molecular complexity index is 241. The van der Waals surface area contributed by atoms with E-state index >= 15 is 0 Å². The van der Waals surface area contributed by atoms with E-state index < -0.39 is 0 Å². The Morgan fingerprint density at radius 1 is 0.476 bits per heavy atom. The minimum Gasteiger partial charge on any atom is -0.0654 e. The van der Waals surface area contributed by atoms with Crippen molar-refractivity contribution < 1.29 is 0 Å². The van der Waals surface area contributed by atoms with E-state index in [1.807, 2.05) is 0 Å². The summed E-state index contributed by atoms with van der Waals surface area (Å²) in [4.78, 5) is 0. The van der Waals surface area contributed by atoms with Crippen LogP contribution < -0.4 is 0 Å². The minimum absolute atomic E-state index is 1.08. The normalized spacial score (nSPS) is 34.0. The second-order valence-corrected chi connectivity index (χ2v) is 8.28. The summed E-state index contributed by atoms with van der Waals surface area (Å²) in [5.74, 6) is 4.36. The summed E-state index contributed by atoms with van der Waals surface area (Å²) in [6.07, 6.45) is 22.8. The summed E-state index contributed by atoms with van der Waals surface area (Å²) >= 11 is 0. The first-order chi connectivity index (χ1) is 10.3. The first kappa shape index (κ1) is 17.4. The molecule has 0 heterocycles. The molecule has 2 fully saturated rings. The molecule has 0 heteroatoms. The van der Waals surface area contributed by atoms with Crippen LogP contribution in [0.4, 0.5) is 0 Å². The summed E-state index contributed by atoms with van der Waals surface area (Å²) in [6.45, 7) is 4.68. The van der Waals surface area contributed by atoms with Gasteiger partial charge in [-0.3, -0.25) is 0 Å². The Kier molecular flexibility index (Phi) is 8.19. The summed E-state index contributed by atoms with van der Waals surface area (Å²) in [6, 6.07) is 0. The van der Waals surface area contributed by atoms with E-state index in [4.69, 9.17) is 0 Å². The molecule has 21 heavy (non-hydrogen) atoms. The zero-order chi connectivity index (χ0) is 14.9. The molecule has 0 saturated heterocycles. The zero-order valence-corrected chi connectivity index (χ0v) is 14.9. The van der Waals surface area contributed by atoms with Gasteiger partial charge in [0.15, 0.2) is 0 Å². The third-order valence-electron chi connectivity index (χ3n) is 6.58. The van der Waals surface area contributed by atoms with Gasteiger partial charge in [0.25, 0.3) is 0 Å².